The van der Waals surface area contributed by atoms with Gasteiger partial charge in [-0.1, -0.05) is 47.5 Å². The van der Waals surface area contributed by atoms with E-state index in [4.69, 9.17) is 4.74 Å². The number of nitrogens with one attached hydrogen (secondary N) is 1. The predicted octanol–water partition coefficient (Wildman–Crippen LogP) is 3.24. The van der Waals surface area contributed by atoms with Crippen molar-refractivity contribution in [3.05, 3.63) is 65.2 Å². The zero-order chi connectivity index (χ0) is 19.8. The number of carbonyl (C=O) groups excluding carboxylic acids is 2. The average Bonchev–Trinajstić information content (AvgIpc) is 2.66. The Morgan fingerprint density at radius 1 is 1.00 bits per heavy atom. The van der Waals surface area contributed by atoms with Crippen LogP contribution in [0.4, 0.5) is 0 Å². The molecule has 0 radical (unpaired) electrons. The Bertz CT molecular complexity index is 754. The van der Waals surface area contributed by atoms with Crippen molar-refractivity contribution in [1.29, 1.82) is 0 Å². The van der Waals surface area contributed by atoms with Crippen molar-refractivity contribution >= 4 is 11.8 Å². The molecule has 0 aliphatic carbocycles. The fourth-order valence-electron chi connectivity index (χ4n) is 2.66. The SMILES string of the molecule is CCNC(=O)C(C)N(Cc1ccc(C)cc1)C(=O)COc1ccc(C)cc1. The van der Waals surface area contributed by atoms with Crippen LogP contribution < -0.4 is 10.1 Å². The standard InChI is InChI=1S/C22H28N2O3/c1-5-23-22(26)18(4)24(14-19-10-6-16(2)7-11-19)21(25)15-27-20-12-8-17(3)9-13-20/h6-13,18H,5,14-15H2,1-4H3,(H,23,26). The molecule has 2 aromatic carbocycles. The van der Waals surface area contributed by atoms with Crippen LogP contribution in [0.5, 0.6) is 5.75 Å². The van der Waals surface area contributed by atoms with Crippen LogP contribution >= 0.6 is 0 Å². The van der Waals surface area contributed by atoms with Gasteiger partial charge in [-0.05, 0) is 45.4 Å². The Kier molecular flexibility index (Phi) is 7.41. The Balaban J connectivity index is 2.11. The Hall–Kier alpha value is -2.82. The number of rotatable bonds is 8. The van der Waals surface area contributed by atoms with Gasteiger partial charge in [-0.2, -0.15) is 0 Å². The highest BCUT2D eigenvalue weighted by atomic mass is 16.5. The number of likely N-dealkylation sites (N-methyl/N-ethyl adjacent to an activating group) is 1. The molecular weight excluding hydrogens is 340 g/mol. The van der Waals surface area contributed by atoms with Crippen LogP contribution in [0.25, 0.3) is 0 Å². The highest BCUT2D eigenvalue weighted by molar-refractivity contribution is 5.87. The second-order valence-corrected chi connectivity index (χ2v) is 6.68. The summed E-state index contributed by atoms with van der Waals surface area (Å²) in [6, 6.07) is 14.9. The highest BCUT2D eigenvalue weighted by Crippen LogP contribution is 2.14. The van der Waals surface area contributed by atoms with Gasteiger partial charge in [-0.3, -0.25) is 9.59 Å². The number of benzene rings is 2. The van der Waals surface area contributed by atoms with Crippen molar-refractivity contribution < 1.29 is 14.3 Å². The molecule has 2 amide bonds. The lowest BCUT2D eigenvalue weighted by Gasteiger charge is -2.28. The van der Waals surface area contributed by atoms with Crippen LogP contribution in [-0.4, -0.2) is 35.9 Å². The summed E-state index contributed by atoms with van der Waals surface area (Å²) in [5.74, 6) is 0.234. The van der Waals surface area contributed by atoms with Gasteiger partial charge in [0.05, 0.1) is 0 Å². The minimum Gasteiger partial charge on any atom is -0.484 e. The minimum absolute atomic E-state index is 0.112. The quantitative estimate of drug-likeness (QED) is 0.778. The molecule has 0 saturated carbocycles. The summed E-state index contributed by atoms with van der Waals surface area (Å²) in [6.07, 6.45) is 0. The van der Waals surface area contributed by atoms with Crippen LogP contribution in [0, 0.1) is 13.8 Å². The predicted molar refractivity (Wildman–Crippen MR) is 107 cm³/mol. The summed E-state index contributed by atoms with van der Waals surface area (Å²) >= 11 is 0. The number of ether oxygens (including phenoxy) is 1. The molecule has 1 N–H and O–H groups in total. The first kappa shape index (κ1) is 20.5. The van der Waals surface area contributed by atoms with Crippen molar-refractivity contribution in [2.24, 2.45) is 0 Å². The largest absolute Gasteiger partial charge is 0.484 e. The maximum atomic E-state index is 12.8. The molecule has 27 heavy (non-hydrogen) atoms. The lowest BCUT2D eigenvalue weighted by Crippen LogP contribution is -2.49. The maximum absolute atomic E-state index is 12.8. The van der Waals surface area contributed by atoms with Gasteiger partial charge in [0, 0.05) is 13.1 Å². The Morgan fingerprint density at radius 3 is 2.11 bits per heavy atom. The van der Waals surface area contributed by atoms with Gasteiger partial charge in [0.25, 0.3) is 5.91 Å². The Labute approximate surface area is 161 Å². The average molecular weight is 368 g/mol. The van der Waals surface area contributed by atoms with E-state index in [0.717, 1.165) is 16.7 Å². The van der Waals surface area contributed by atoms with Gasteiger partial charge >= 0.3 is 0 Å². The van der Waals surface area contributed by atoms with Crippen molar-refractivity contribution in [3.8, 4) is 5.75 Å². The molecule has 5 nitrogen and oxygen atoms in total. The summed E-state index contributed by atoms with van der Waals surface area (Å²) in [4.78, 5) is 26.7. The number of hydrogen-bond acceptors (Lipinski definition) is 3. The zero-order valence-electron chi connectivity index (χ0n) is 16.5. The molecule has 0 aliphatic rings. The lowest BCUT2D eigenvalue weighted by molar-refractivity contribution is -0.142. The molecule has 0 aromatic heterocycles. The van der Waals surface area contributed by atoms with Crippen molar-refractivity contribution in [3.63, 3.8) is 0 Å². The van der Waals surface area contributed by atoms with Crippen LogP contribution in [0.2, 0.25) is 0 Å². The number of carbonyl (C=O) groups is 2. The third-order valence-electron chi connectivity index (χ3n) is 4.38. The zero-order valence-corrected chi connectivity index (χ0v) is 16.5. The van der Waals surface area contributed by atoms with Gasteiger partial charge in [-0.15, -0.1) is 0 Å². The molecule has 1 unspecified atom stereocenters. The monoisotopic (exact) mass is 368 g/mol. The molecule has 0 aliphatic heterocycles. The molecule has 1 atom stereocenters. The molecule has 144 valence electrons. The van der Waals surface area contributed by atoms with Gasteiger partial charge in [0.15, 0.2) is 6.61 Å². The van der Waals surface area contributed by atoms with Crippen LogP contribution in [0.3, 0.4) is 0 Å². The van der Waals surface area contributed by atoms with E-state index in [9.17, 15) is 9.59 Å². The third kappa shape index (κ3) is 6.13. The molecule has 2 aromatic rings. The van der Waals surface area contributed by atoms with Crippen LogP contribution in [-0.2, 0) is 16.1 Å². The summed E-state index contributed by atoms with van der Waals surface area (Å²) in [5, 5.41) is 2.78. The first-order chi connectivity index (χ1) is 12.9. The molecule has 0 saturated heterocycles. The molecule has 0 bridgehead atoms. The summed E-state index contributed by atoms with van der Waals surface area (Å²) in [7, 11) is 0. The molecule has 0 heterocycles. The molecular formula is C22H28N2O3. The van der Waals surface area contributed by atoms with Crippen molar-refractivity contribution in [1.82, 2.24) is 10.2 Å². The van der Waals surface area contributed by atoms with E-state index in [1.807, 2.05) is 69.3 Å². The van der Waals surface area contributed by atoms with E-state index in [1.54, 1.807) is 11.8 Å². The third-order valence-corrected chi connectivity index (χ3v) is 4.38. The van der Waals surface area contributed by atoms with Gasteiger partial charge in [-0.25, -0.2) is 0 Å². The van der Waals surface area contributed by atoms with E-state index in [0.29, 0.717) is 18.8 Å². The smallest absolute Gasteiger partial charge is 0.261 e. The van der Waals surface area contributed by atoms with Gasteiger partial charge in [0.1, 0.15) is 11.8 Å². The maximum Gasteiger partial charge on any atom is 0.261 e. The second-order valence-electron chi connectivity index (χ2n) is 6.68. The van der Waals surface area contributed by atoms with Crippen molar-refractivity contribution in [2.45, 2.75) is 40.3 Å². The summed E-state index contributed by atoms with van der Waals surface area (Å²) in [6.45, 7) is 8.37. The number of nitrogens with zero attached hydrogens (tertiary/aromatic N) is 1. The van der Waals surface area contributed by atoms with E-state index >= 15 is 0 Å². The molecule has 2 rings (SSSR count). The summed E-state index contributed by atoms with van der Waals surface area (Å²) in [5.41, 5.74) is 3.25. The van der Waals surface area contributed by atoms with Crippen molar-refractivity contribution in [2.75, 3.05) is 13.2 Å². The molecule has 0 fully saturated rings. The first-order valence-corrected chi connectivity index (χ1v) is 9.23. The number of amides is 2. The van der Waals surface area contributed by atoms with E-state index in [1.165, 1.54) is 0 Å². The normalized spacial score (nSPS) is 11.6. The van der Waals surface area contributed by atoms with E-state index in [2.05, 4.69) is 5.32 Å². The molecule has 0 spiro atoms. The lowest BCUT2D eigenvalue weighted by atomic mass is 10.1. The van der Waals surface area contributed by atoms with E-state index in [-0.39, 0.29) is 18.4 Å². The van der Waals surface area contributed by atoms with Gasteiger partial charge < -0.3 is 15.0 Å². The highest BCUT2D eigenvalue weighted by Gasteiger charge is 2.26. The first-order valence-electron chi connectivity index (χ1n) is 9.23. The fraction of sp³-hybridized carbons (Fsp3) is 0.364. The number of hydrogen-bond donors (Lipinski definition) is 1. The van der Waals surface area contributed by atoms with Crippen LogP contribution in [0.1, 0.15) is 30.5 Å². The van der Waals surface area contributed by atoms with Crippen LogP contribution in [0.15, 0.2) is 48.5 Å². The molecule has 5 heteroatoms. The van der Waals surface area contributed by atoms with E-state index < -0.39 is 6.04 Å². The summed E-state index contributed by atoms with van der Waals surface area (Å²) < 4.78 is 5.63. The second kappa shape index (κ2) is 9.76. The fourth-order valence-corrected chi connectivity index (χ4v) is 2.66. The topological polar surface area (TPSA) is 58.6 Å². The Morgan fingerprint density at radius 2 is 1.56 bits per heavy atom. The minimum atomic E-state index is -0.583. The number of aryl methyl sites for hydroxylation is 2. The van der Waals surface area contributed by atoms with Gasteiger partial charge in [0.2, 0.25) is 5.91 Å².